The molecule has 1 aromatic rings. The van der Waals surface area contributed by atoms with Crippen molar-refractivity contribution in [1.29, 1.82) is 0 Å². The van der Waals surface area contributed by atoms with Crippen LogP contribution in [0, 0.1) is 0 Å². The van der Waals surface area contributed by atoms with Crippen molar-refractivity contribution in [2.24, 2.45) is 0 Å². The molecule has 4 nitrogen and oxygen atoms in total. The van der Waals surface area contributed by atoms with Crippen LogP contribution in [-0.2, 0) is 4.74 Å². The van der Waals surface area contributed by atoms with Crippen LogP contribution in [0.1, 0.15) is 30.1 Å². The minimum Gasteiger partial charge on any atom is -0.394 e. The van der Waals surface area contributed by atoms with E-state index in [-0.39, 0.29) is 18.5 Å². The number of ether oxygens (including phenoxy) is 1. The monoisotopic (exact) mass is 263 g/mol. The Kier molecular flexibility index (Phi) is 4.93. The van der Waals surface area contributed by atoms with E-state index >= 15 is 0 Å². The average Bonchev–Trinajstić information content (AvgIpc) is 2.46. The largest absolute Gasteiger partial charge is 0.394 e. The van der Waals surface area contributed by atoms with E-state index in [2.05, 4.69) is 4.90 Å². The highest BCUT2D eigenvalue weighted by molar-refractivity contribution is 5.94. The van der Waals surface area contributed by atoms with Gasteiger partial charge in [-0.3, -0.25) is 4.79 Å². The van der Waals surface area contributed by atoms with Gasteiger partial charge in [-0.1, -0.05) is 0 Å². The summed E-state index contributed by atoms with van der Waals surface area (Å²) in [6.45, 7) is 4.01. The zero-order valence-electron chi connectivity index (χ0n) is 11.3. The summed E-state index contributed by atoms with van der Waals surface area (Å²) < 4.78 is 5.55. The van der Waals surface area contributed by atoms with Gasteiger partial charge in [0.2, 0.25) is 0 Å². The molecule has 0 unspecified atom stereocenters. The molecule has 4 heteroatoms. The van der Waals surface area contributed by atoms with Crippen molar-refractivity contribution in [1.82, 2.24) is 0 Å². The van der Waals surface area contributed by atoms with E-state index < -0.39 is 0 Å². The third-order valence-corrected chi connectivity index (χ3v) is 3.53. The highest BCUT2D eigenvalue weighted by atomic mass is 16.5. The number of ketones is 1. The van der Waals surface area contributed by atoms with Gasteiger partial charge < -0.3 is 14.7 Å². The fraction of sp³-hybridized carbons (Fsp3) is 0.533. The molecule has 0 bridgehead atoms. The molecule has 0 amide bonds. The Morgan fingerprint density at radius 2 is 1.95 bits per heavy atom. The molecule has 0 aliphatic carbocycles. The number of nitrogens with zero attached hydrogens (tertiary/aromatic N) is 1. The van der Waals surface area contributed by atoms with E-state index in [1.54, 1.807) is 6.92 Å². The minimum absolute atomic E-state index is 0.0900. The van der Waals surface area contributed by atoms with E-state index in [9.17, 15) is 4.79 Å². The molecule has 1 aliphatic heterocycles. The standard InChI is InChI=1S/C15H21NO3/c1-12(18)13-2-4-14(5-3-13)16-8-6-15(7-9-16)19-11-10-17/h2-5,15,17H,6-11H2,1H3. The summed E-state index contributed by atoms with van der Waals surface area (Å²) in [5, 5.41) is 8.73. The van der Waals surface area contributed by atoms with E-state index in [1.807, 2.05) is 24.3 Å². The van der Waals surface area contributed by atoms with Gasteiger partial charge in [0.15, 0.2) is 5.78 Å². The number of anilines is 1. The maximum atomic E-state index is 11.2. The topological polar surface area (TPSA) is 49.8 Å². The van der Waals surface area contributed by atoms with E-state index in [0.717, 1.165) is 37.2 Å². The van der Waals surface area contributed by atoms with Crippen LogP contribution in [0.5, 0.6) is 0 Å². The zero-order valence-corrected chi connectivity index (χ0v) is 11.3. The van der Waals surface area contributed by atoms with E-state index in [1.165, 1.54) is 0 Å². The Labute approximate surface area is 114 Å². The lowest BCUT2D eigenvalue weighted by molar-refractivity contribution is 0.0159. The maximum Gasteiger partial charge on any atom is 0.159 e. The van der Waals surface area contributed by atoms with Crippen molar-refractivity contribution in [2.75, 3.05) is 31.2 Å². The molecule has 1 aliphatic rings. The molecule has 0 saturated carbocycles. The van der Waals surface area contributed by atoms with Gasteiger partial charge in [-0.2, -0.15) is 0 Å². The molecule has 1 N–H and O–H groups in total. The van der Waals surface area contributed by atoms with E-state index in [0.29, 0.717) is 6.61 Å². The first kappa shape index (κ1) is 14.0. The molecule has 0 spiro atoms. The summed E-state index contributed by atoms with van der Waals surface area (Å²) in [5.41, 5.74) is 1.91. The molecular weight excluding hydrogens is 242 g/mol. The number of aliphatic hydroxyl groups is 1. The van der Waals surface area contributed by atoms with Gasteiger partial charge in [0, 0.05) is 24.3 Å². The summed E-state index contributed by atoms with van der Waals surface area (Å²) in [7, 11) is 0. The first-order valence-corrected chi connectivity index (χ1v) is 6.79. The lowest BCUT2D eigenvalue weighted by Gasteiger charge is -2.33. The van der Waals surface area contributed by atoms with Crippen molar-refractivity contribution in [3.05, 3.63) is 29.8 Å². The maximum absolute atomic E-state index is 11.2. The molecule has 104 valence electrons. The Morgan fingerprint density at radius 3 is 2.47 bits per heavy atom. The van der Waals surface area contributed by atoms with Crippen LogP contribution in [0.3, 0.4) is 0 Å². The quantitative estimate of drug-likeness (QED) is 0.824. The molecule has 0 atom stereocenters. The molecule has 19 heavy (non-hydrogen) atoms. The highest BCUT2D eigenvalue weighted by Gasteiger charge is 2.19. The third-order valence-electron chi connectivity index (χ3n) is 3.53. The van der Waals surface area contributed by atoms with Gasteiger partial charge in [0.25, 0.3) is 0 Å². The second kappa shape index (κ2) is 6.68. The highest BCUT2D eigenvalue weighted by Crippen LogP contribution is 2.21. The molecule has 0 radical (unpaired) electrons. The average molecular weight is 263 g/mol. The van der Waals surface area contributed by atoms with Gasteiger partial charge >= 0.3 is 0 Å². The normalized spacial score (nSPS) is 16.6. The van der Waals surface area contributed by atoms with Gasteiger partial charge in [0.05, 0.1) is 19.3 Å². The Morgan fingerprint density at radius 1 is 1.32 bits per heavy atom. The van der Waals surface area contributed by atoms with Gasteiger partial charge in [0.1, 0.15) is 0 Å². The van der Waals surface area contributed by atoms with Crippen LogP contribution in [-0.4, -0.2) is 43.3 Å². The molecule has 1 fully saturated rings. The minimum atomic E-state index is 0.0900. The first-order valence-electron chi connectivity index (χ1n) is 6.79. The zero-order chi connectivity index (χ0) is 13.7. The molecule has 2 rings (SSSR count). The second-order valence-corrected chi connectivity index (χ2v) is 4.88. The molecule has 1 heterocycles. The Hall–Kier alpha value is -1.39. The van der Waals surface area contributed by atoms with Crippen LogP contribution < -0.4 is 4.90 Å². The van der Waals surface area contributed by atoms with Crippen molar-refractivity contribution in [3.63, 3.8) is 0 Å². The summed E-state index contributed by atoms with van der Waals surface area (Å²) in [4.78, 5) is 13.5. The molecule has 1 aromatic carbocycles. The van der Waals surface area contributed by atoms with Crippen molar-refractivity contribution in [2.45, 2.75) is 25.9 Å². The summed E-state index contributed by atoms with van der Waals surface area (Å²) in [6.07, 6.45) is 2.23. The number of benzene rings is 1. The van der Waals surface area contributed by atoms with Crippen LogP contribution in [0.25, 0.3) is 0 Å². The summed E-state index contributed by atoms with van der Waals surface area (Å²) in [5.74, 6) is 0.0997. The SMILES string of the molecule is CC(=O)c1ccc(N2CCC(OCCO)CC2)cc1. The number of carbonyl (C=O) groups excluding carboxylic acids is 1. The predicted octanol–water partition coefficient (Wildman–Crippen LogP) is 1.87. The van der Waals surface area contributed by atoms with Crippen molar-refractivity contribution in [3.8, 4) is 0 Å². The lowest BCUT2D eigenvalue weighted by atomic mass is 10.1. The molecule has 0 aromatic heterocycles. The number of hydrogen-bond acceptors (Lipinski definition) is 4. The van der Waals surface area contributed by atoms with Gasteiger partial charge in [-0.25, -0.2) is 0 Å². The first-order chi connectivity index (χ1) is 9.20. The third kappa shape index (κ3) is 3.78. The Bertz CT molecular complexity index is 408. The predicted molar refractivity (Wildman–Crippen MR) is 74.7 cm³/mol. The number of Topliss-reactive ketones (excluding diaryl/α,β-unsaturated/α-hetero) is 1. The smallest absolute Gasteiger partial charge is 0.159 e. The number of hydrogen-bond donors (Lipinski definition) is 1. The summed E-state index contributed by atoms with van der Waals surface area (Å²) in [6, 6.07) is 7.77. The van der Waals surface area contributed by atoms with Crippen LogP contribution >= 0.6 is 0 Å². The number of aliphatic hydroxyl groups excluding tert-OH is 1. The van der Waals surface area contributed by atoms with Gasteiger partial charge in [-0.15, -0.1) is 0 Å². The summed E-state index contributed by atoms with van der Waals surface area (Å²) >= 11 is 0. The fourth-order valence-electron chi connectivity index (χ4n) is 2.41. The number of carbonyl (C=O) groups is 1. The van der Waals surface area contributed by atoms with Crippen molar-refractivity contribution >= 4 is 11.5 Å². The fourth-order valence-corrected chi connectivity index (χ4v) is 2.41. The van der Waals surface area contributed by atoms with Gasteiger partial charge in [-0.05, 0) is 44.0 Å². The van der Waals surface area contributed by atoms with Crippen LogP contribution in [0.4, 0.5) is 5.69 Å². The van der Waals surface area contributed by atoms with Crippen LogP contribution in [0.15, 0.2) is 24.3 Å². The number of piperidine rings is 1. The Balaban J connectivity index is 1.88. The molecule has 1 saturated heterocycles. The van der Waals surface area contributed by atoms with E-state index in [4.69, 9.17) is 9.84 Å². The molecular formula is C15H21NO3. The number of rotatable bonds is 5. The lowest BCUT2D eigenvalue weighted by Crippen LogP contribution is -2.37. The van der Waals surface area contributed by atoms with Crippen molar-refractivity contribution < 1.29 is 14.6 Å². The van der Waals surface area contributed by atoms with Crippen LogP contribution in [0.2, 0.25) is 0 Å². The second-order valence-electron chi connectivity index (χ2n) is 4.88.